The zero-order valence-electron chi connectivity index (χ0n) is 21.5. The van der Waals surface area contributed by atoms with Crippen LogP contribution in [0.2, 0.25) is 10.0 Å². The molecule has 3 aromatic carbocycles. The molecule has 1 N–H and O–H groups in total. The molecule has 0 aromatic heterocycles. The summed E-state index contributed by atoms with van der Waals surface area (Å²) in [4.78, 5) is 30.3. The van der Waals surface area contributed by atoms with Crippen LogP contribution in [-0.4, -0.2) is 34.6 Å². The van der Waals surface area contributed by atoms with Crippen molar-refractivity contribution in [3.05, 3.63) is 100 Å². The number of rotatable bonds is 12. The van der Waals surface area contributed by atoms with E-state index in [1.165, 1.54) is 0 Å². The van der Waals surface area contributed by atoms with Crippen LogP contribution in [0.4, 0.5) is 0 Å². The topological polar surface area (TPSA) is 49.4 Å². The summed E-state index contributed by atoms with van der Waals surface area (Å²) in [6.07, 6.45) is 5.78. The van der Waals surface area contributed by atoms with E-state index in [0.29, 0.717) is 35.9 Å². The molecule has 38 heavy (non-hydrogen) atoms. The second-order valence-corrected chi connectivity index (χ2v) is 11.8. The predicted molar refractivity (Wildman–Crippen MR) is 158 cm³/mol. The molecular formula is C31H34Cl2N2O2S. The third kappa shape index (κ3) is 8.79. The van der Waals surface area contributed by atoms with Crippen molar-refractivity contribution in [2.75, 3.05) is 5.75 Å². The lowest BCUT2D eigenvalue weighted by atomic mass is 10.0. The van der Waals surface area contributed by atoms with E-state index in [1.54, 1.807) is 16.7 Å². The standard InChI is InChI=1S/C31H34Cl2N2O2S/c32-25-15-17-28(18-16-25)38-19-7-14-30(36)35(22-24-10-6-11-26(33)20-24)29(21-23-8-2-1-3-9-23)31(37)34-27-12-4-5-13-27/h1-3,6,8-11,15-18,20,27,29H,4-5,7,12-14,19,21-22H2,(H,34,37)/t29-/m0/s1. The van der Waals surface area contributed by atoms with Crippen LogP contribution in [0, 0.1) is 0 Å². The lowest BCUT2D eigenvalue weighted by Gasteiger charge is -2.32. The first-order valence-corrected chi connectivity index (χ1v) is 15.0. The van der Waals surface area contributed by atoms with Gasteiger partial charge in [0, 0.05) is 40.4 Å². The first-order valence-electron chi connectivity index (χ1n) is 13.2. The molecule has 1 saturated carbocycles. The Balaban J connectivity index is 1.51. The normalized spacial score (nSPS) is 14.3. The van der Waals surface area contributed by atoms with Crippen LogP contribution in [0.25, 0.3) is 0 Å². The van der Waals surface area contributed by atoms with Crippen LogP contribution < -0.4 is 5.32 Å². The number of benzene rings is 3. The molecule has 1 atom stereocenters. The van der Waals surface area contributed by atoms with Crippen molar-refractivity contribution in [3.8, 4) is 0 Å². The molecule has 1 aliphatic rings. The van der Waals surface area contributed by atoms with E-state index in [2.05, 4.69) is 5.32 Å². The van der Waals surface area contributed by atoms with Crippen molar-refractivity contribution in [2.45, 2.75) is 68.5 Å². The number of hydrogen-bond donors (Lipinski definition) is 1. The first kappa shape index (κ1) is 28.5. The van der Waals surface area contributed by atoms with Crippen LogP contribution in [-0.2, 0) is 22.6 Å². The van der Waals surface area contributed by atoms with Gasteiger partial charge in [-0.1, -0.05) is 78.5 Å². The Morgan fingerprint density at radius 3 is 2.32 bits per heavy atom. The number of nitrogens with one attached hydrogen (secondary N) is 1. The minimum absolute atomic E-state index is 0.0239. The van der Waals surface area contributed by atoms with Gasteiger partial charge in [0.25, 0.3) is 0 Å². The summed E-state index contributed by atoms with van der Waals surface area (Å²) in [7, 11) is 0. The second-order valence-electron chi connectivity index (χ2n) is 9.75. The van der Waals surface area contributed by atoms with Gasteiger partial charge in [0.15, 0.2) is 0 Å². The lowest BCUT2D eigenvalue weighted by molar-refractivity contribution is -0.141. The Bertz CT molecular complexity index is 1180. The fraction of sp³-hybridized carbons (Fsp3) is 0.355. The lowest BCUT2D eigenvalue weighted by Crippen LogP contribution is -2.52. The Hall–Kier alpha value is -2.47. The van der Waals surface area contributed by atoms with E-state index in [9.17, 15) is 9.59 Å². The van der Waals surface area contributed by atoms with Gasteiger partial charge in [0.05, 0.1) is 0 Å². The largest absolute Gasteiger partial charge is 0.352 e. The molecule has 3 aromatic rings. The molecule has 7 heteroatoms. The van der Waals surface area contributed by atoms with Crippen LogP contribution in [0.5, 0.6) is 0 Å². The van der Waals surface area contributed by atoms with Crippen molar-refractivity contribution in [3.63, 3.8) is 0 Å². The summed E-state index contributed by atoms with van der Waals surface area (Å²) < 4.78 is 0. The van der Waals surface area contributed by atoms with E-state index in [4.69, 9.17) is 23.2 Å². The molecule has 2 amide bonds. The van der Waals surface area contributed by atoms with Crippen LogP contribution in [0.3, 0.4) is 0 Å². The highest BCUT2D eigenvalue weighted by molar-refractivity contribution is 7.99. The molecule has 0 radical (unpaired) electrons. The summed E-state index contributed by atoms with van der Waals surface area (Å²) in [5.74, 6) is 0.701. The molecule has 0 bridgehead atoms. The fourth-order valence-corrected chi connectivity index (χ4v) is 6.03. The Labute approximate surface area is 240 Å². The van der Waals surface area contributed by atoms with E-state index >= 15 is 0 Å². The Kier molecular flexibility index (Phi) is 11.0. The van der Waals surface area contributed by atoms with Crippen LogP contribution >= 0.6 is 35.0 Å². The van der Waals surface area contributed by atoms with Crippen LogP contribution in [0.15, 0.2) is 83.8 Å². The molecule has 0 aliphatic heterocycles. The fourth-order valence-electron chi connectivity index (χ4n) is 4.84. The van der Waals surface area contributed by atoms with E-state index in [-0.39, 0.29) is 17.9 Å². The molecule has 0 unspecified atom stereocenters. The highest BCUT2D eigenvalue weighted by Crippen LogP contribution is 2.24. The molecular weight excluding hydrogens is 535 g/mol. The van der Waals surface area contributed by atoms with Gasteiger partial charge >= 0.3 is 0 Å². The molecule has 200 valence electrons. The quantitative estimate of drug-likeness (QED) is 0.181. The van der Waals surface area contributed by atoms with Crippen molar-refractivity contribution in [1.82, 2.24) is 10.2 Å². The van der Waals surface area contributed by atoms with Gasteiger partial charge in [-0.3, -0.25) is 9.59 Å². The highest BCUT2D eigenvalue weighted by Gasteiger charge is 2.32. The van der Waals surface area contributed by atoms with Crippen molar-refractivity contribution < 1.29 is 9.59 Å². The second kappa shape index (κ2) is 14.6. The number of nitrogens with zero attached hydrogens (tertiary/aromatic N) is 1. The third-order valence-corrected chi connectivity index (χ3v) is 8.42. The van der Waals surface area contributed by atoms with E-state index < -0.39 is 6.04 Å². The summed E-state index contributed by atoms with van der Waals surface area (Å²) in [6.45, 7) is 0.333. The zero-order valence-corrected chi connectivity index (χ0v) is 23.8. The first-order chi connectivity index (χ1) is 18.5. The third-order valence-electron chi connectivity index (χ3n) is 6.83. The maximum atomic E-state index is 13.7. The van der Waals surface area contributed by atoms with Gasteiger partial charge in [-0.2, -0.15) is 0 Å². The smallest absolute Gasteiger partial charge is 0.243 e. The van der Waals surface area contributed by atoms with Gasteiger partial charge < -0.3 is 10.2 Å². The van der Waals surface area contributed by atoms with Gasteiger partial charge in [0.2, 0.25) is 11.8 Å². The van der Waals surface area contributed by atoms with Gasteiger partial charge in [0.1, 0.15) is 6.04 Å². The number of hydrogen-bond acceptors (Lipinski definition) is 3. The molecule has 1 aliphatic carbocycles. The van der Waals surface area contributed by atoms with Gasteiger partial charge in [-0.05, 0) is 72.5 Å². The van der Waals surface area contributed by atoms with Crippen molar-refractivity contribution in [1.29, 1.82) is 0 Å². The number of carbonyl (C=O) groups excluding carboxylic acids is 2. The number of carbonyl (C=O) groups is 2. The monoisotopic (exact) mass is 568 g/mol. The molecule has 0 saturated heterocycles. The average molecular weight is 570 g/mol. The predicted octanol–water partition coefficient (Wildman–Crippen LogP) is 7.56. The van der Waals surface area contributed by atoms with Crippen molar-refractivity contribution >= 4 is 46.8 Å². The average Bonchev–Trinajstić information content (AvgIpc) is 3.43. The summed E-state index contributed by atoms with van der Waals surface area (Å²) in [5, 5.41) is 4.58. The van der Waals surface area contributed by atoms with Crippen LogP contribution in [0.1, 0.15) is 49.7 Å². The molecule has 4 nitrogen and oxygen atoms in total. The minimum Gasteiger partial charge on any atom is -0.352 e. The number of halogens is 2. The molecule has 4 rings (SSSR count). The number of thioether (sulfide) groups is 1. The van der Waals surface area contributed by atoms with E-state index in [0.717, 1.165) is 47.5 Å². The summed E-state index contributed by atoms with van der Waals surface area (Å²) in [5.41, 5.74) is 1.94. The maximum Gasteiger partial charge on any atom is 0.243 e. The maximum absolute atomic E-state index is 13.7. The van der Waals surface area contributed by atoms with Gasteiger partial charge in [-0.15, -0.1) is 11.8 Å². The van der Waals surface area contributed by atoms with Crippen molar-refractivity contribution in [2.24, 2.45) is 0 Å². The number of amides is 2. The van der Waals surface area contributed by atoms with E-state index in [1.807, 2.05) is 78.9 Å². The molecule has 0 spiro atoms. The molecule has 1 fully saturated rings. The SMILES string of the molecule is O=C(NC1CCCC1)[C@H](Cc1ccccc1)N(Cc1cccc(Cl)c1)C(=O)CCCSc1ccc(Cl)cc1. The minimum atomic E-state index is -0.603. The highest BCUT2D eigenvalue weighted by atomic mass is 35.5. The zero-order chi connectivity index (χ0) is 26.7. The van der Waals surface area contributed by atoms with Gasteiger partial charge in [-0.25, -0.2) is 0 Å². The molecule has 0 heterocycles. The summed E-state index contributed by atoms with van der Waals surface area (Å²) in [6, 6.07) is 24.8. The Morgan fingerprint density at radius 1 is 0.895 bits per heavy atom. The summed E-state index contributed by atoms with van der Waals surface area (Å²) >= 11 is 14.0. The Morgan fingerprint density at radius 2 is 1.61 bits per heavy atom.